The number of carbonyl (C=O) groups is 2. The first kappa shape index (κ1) is 17.4. The number of likely N-dealkylation sites (tertiary alicyclic amines) is 1. The van der Waals surface area contributed by atoms with Crippen molar-refractivity contribution in [3.63, 3.8) is 0 Å². The maximum Gasteiger partial charge on any atom is 0.325 e. The van der Waals surface area contributed by atoms with E-state index in [0.717, 1.165) is 16.2 Å². The van der Waals surface area contributed by atoms with Gasteiger partial charge in [-0.25, -0.2) is 4.79 Å². The van der Waals surface area contributed by atoms with Gasteiger partial charge in [0.25, 0.3) is 0 Å². The first-order valence-corrected chi connectivity index (χ1v) is 8.94. The van der Waals surface area contributed by atoms with Gasteiger partial charge in [0.2, 0.25) is 5.91 Å². The largest absolute Gasteiger partial charge is 0.497 e. The number of thioether (sulfide) groups is 1. The number of nitrogens with zero attached hydrogens (tertiary/aromatic N) is 1. The summed E-state index contributed by atoms with van der Waals surface area (Å²) in [6.45, 7) is 1.91. The number of methoxy groups -OCH3 is 1. The highest BCUT2D eigenvalue weighted by Crippen LogP contribution is 2.35. The monoisotopic (exact) mass is 356 g/mol. The maximum atomic E-state index is 12.5. The van der Waals surface area contributed by atoms with Crippen LogP contribution in [0.2, 0.25) is 0 Å². The van der Waals surface area contributed by atoms with Crippen molar-refractivity contribution in [2.24, 2.45) is 0 Å². The van der Waals surface area contributed by atoms with Crippen LogP contribution in [0.4, 0.5) is 4.79 Å². The summed E-state index contributed by atoms with van der Waals surface area (Å²) < 4.78 is 5.14. The zero-order chi connectivity index (χ0) is 17.8. The maximum absolute atomic E-state index is 12.5. The van der Waals surface area contributed by atoms with Crippen molar-refractivity contribution in [3.05, 3.63) is 60.2 Å². The zero-order valence-corrected chi connectivity index (χ0v) is 15.0. The minimum atomic E-state index is -0.349. The summed E-state index contributed by atoms with van der Waals surface area (Å²) in [5.74, 6) is 0.629. The molecule has 2 aromatic rings. The summed E-state index contributed by atoms with van der Waals surface area (Å²) in [6, 6.07) is 16.8. The van der Waals surface area contributed by atoms with E-state index in [-0.39, 0.29) is 23.4 Å². The van der Waals surface area contributed by atoms with Crippen LogP contribution in [0.25, 0.3) is 0 Å². The molecule has 1 fully saturated rings. The molecule has 130 valence electrons. The summed E-state index contributed by atoms with van der Waals surface area (Å²) >= 11 is 1.50. The van der Waals surface area contributed by atoms with E-state index in [1.807, 2.05) is 61.5 Å². The van der Waals surface area contributed by atoms with E-state index >= 15 is 0 Å². The van der Waals surface area contributed by atoms with Crippen molar-refractivity contribution in [1.82, 2.24) is 10.2 Å². The lowest BCUT2D eigenvalue weighted by Gasteiger charge is -2.38. The Kier molecular flexibility index (Phi) is 5.28. The molecule has 1 aliphatic heterocycles. The smallest absolute Gasteiger partial charge is 0.325 e. The molecule has 3 rings (SSSR count). The van der Waals surface area contributed by atoms with Gasteiger partial charge in [-0.3, -0.25) is 9.69 Å². The molecule has 3 amide bonds. The van der Waals surface area contributed by atoms with Gasteiger partial charge in [0.15, 0.2) is 0 Å². The van der Waals surface area contributed by atoms with E-state index in [1.54, 1.807) is 7.11 Å². The van der Waals surface area contributed by atoms with Crippen LogP contribution in [0.1, 0.15) is 24.9 Å². The number of β-lactam (4-membered cyclic amide) rings is 1. The summed E-state index contributed by atoms with van der Waals surface area (Å²) in [5.41, 5.74) is 1.00. The van der Waals surface area contributed by atoms with Crippen molar-refractivity contribution in [2.75, 3.05) is 7.11 Å². The van der Waals surface area contributed by atoms with E-state index in [4.69, 9.17) is 4.74 Å². The molecule has 0 radical (unpaired) electrons. The summed E-state index contributed by atoms with van der Waals surface area (Å²) in [6.07, 6.45) is 0.365. The Bertz CT molecular complexity index is 749. The number of amides is 3. The van der Waals surface area contributed by atoms with Crippen LogP contribution in [-0.4, -0.2) is 29.3 Å². The lowest BCUT2D eigenvalue weighted by Crippen LogP contribution is -2.57. The first-order valence-electron chi connectivity index (χ1n) is 8.06. The molecule has 2 atom stereocenters. The van der Waals surface area contributed by atoms with Gasteiger partial charge in [0.1, 0.15) is 11.1 Å². The molecule has 2 aromatic carbocycles. The van der Waals surface area contributed by atoms with Gasteiger partial charge >= 0.3 is 6.03 Å². The predicted molar refractivity (Wildman–Crippen MR) is 97.5 cm³/mol. The third-order valence-electron chi connectivity index (χ3n) is 4.10. The second-order valence-corrected chi connectivity index (χ2v) is 7.05. The van der Waals surface area contributed by atoms with Crippen molar-refractivity contribution >= 4 is 23.7 Å². The molecular formula is C19H20N2O3S. The summed E-state index contributed by atoms with van der Waals surface area (Å²) in [4.78, 5) is 26.7. The standard InChI is InChI=1S/C19H20N2O3S/c1-13(14-6-4-3-5-7-14)20-19(23)21-17(22)12-18(21)25-16-10-8-15(24-2)9-11-16/h3-11,13,18H,12H2,1-2H3,(H,20,23)/t13-,18-/m0/s1. The fourth-order valence-electron chi connectivity index (χ4n) is 2.62. The summed E-state index contributed by atoms with van der Waals surface area (Å²) in [5, 5.41) is 2.72. The Morgan fingerprint density at radius 1 is 1.20 bits per heavy atom. The van der Waals surface area contributed by atoms with Crippen LogP contribution in [0.3, 0.4) is 0 Å². The van der Waals surface area contributed by atoms with Crippen molar-refractivity contribution < 1.29 is 14.3 Å². The van der Waals surface area contributed by atoms with Crippen molar-refractivity contribution in [3.8, 4) is 5.75 Å². The van der Waals surface area contributed by atoms with Crippen LogP contribution in [0.5, 0.6) is 5.75 Å². The van der Waals surface area contributed by atoms with Crippen LogP contribution >= 0.6 is 11.8 Å². The van der Waals surface area contributed by atoms with Gasteiger partial charge in [-0.1, -0.05) is 42.1 Å². The number of hydrogen-bond acceptors (Lipinski definition) is 4. The fourth-order valence-corrected chi connectivity index (χ4v) is 3.77. The van der Waals surface area contributed by atoms with Gasteiger partial charge in [-0.05, 0) is 36.8 Å². The fraction of sp³-hybridized carbons (Fsp3) is 0.263. The Morgan fingerprint density at radius 2 is 1.88 bits per heavy atom. The SMILES string of the molecule is COc1ccc(S[C@H]2CC(=O)N2C(=O)N[C@@H](C)c2ccccc2)cc1. The minimum Gasteiger partial charge on any atom is -0.497 e. The number of imide groups is 1. The number of carbonyl (C=O) groups excluding carboxylic acids is 2. The van der Waals surface area contributed by atoms with Crippen LogP contribution in [-0.2, 0) is 4.79 Å². The number of ether oxygens (including phenoxy) is 1. The van der Waals surface area contributed by atoms with Crippen molar-refractivity contribution in [2.45, 2.75) is 29.7 Å². The topological polar surface area (TPSA) is 58.6 Å². The molecule has 0 bridgehead atoms. The number of hydrogen-bond donors (Lipinski definition) is 1. The molecule has 0 aliphatic carbocycles. The van der Waals surface area contributed by atoms with Gasteiger partial charge < -0.3 is 10.1 Å². The third-order valence-corrected chi connectivity index (χ3v) is 5.29. The molecule has 0 unspecified atom stereocenters. The lowest BCUT2D eigenvalue weighted by atomic mass is 10.1. The minimum absolute atomic E-state index is 0.149. The average Bonchev–Trinajstić information content (AvgIpc) is 2.62. The molecule has 1 aliphatic rings. The number of nitrogens with one attached hydrogen (secondary N) is 1. The average molecular weight is 356 g/mol. The Balaban J connectivity index is 1.61. The number of benzene rings is 2. The van der Waals surface area contributed by atoms with Crippen LogP contribution in [0, 0.1) is 0 Å². The van der Waals surface area contributed by atoms with Gasteiger partial charge in [-0.15, -0.1) is 0 Å². The Hall–Kier alpha value is -2.47. The second kappa shape index (κ2) is 7.61. The Morgan fingerprint density at radius 3 is 2.48 bits per heavy atom. The molecule has 5 nitrogen and oxygen atoms in total. The van der Waals surface area contributed by atoms with E-state index in [2.05, 4.69) is 5.32 Å². The van der Waals surface area contributed by atoms with Gasteiger partial charge in [0, 0.05) is 4.90 Å². The quantitative estimate of drug-likeness (QED) is 0.828. The van der Waals surface area contributed by atoms with Gasteiger partial charge in [0.05, 0.1) is 19.6 Å². The predicted octanol–water partition coefficient (Wildman–Crippen LogP) is 3.82. The molecule has 1 N–H and O–H groups in total. The van der Waals surface area contributed by atoms with E-state index < -0.39 is 0 Å². The van der Waals surface area contributed by atoms with Crippen LogP contribution < -0.4 is 10.1 Å². The van der Waals surface area contributed by atoms with E-state index in [9.17, 15) is 9.59 Å². The van der Waals surface area contributed by atoms with E-state index in [0.29, 0.717) is 6.42 Å². The third kappa shape index (κ3) is 3.96. The molecule has 0 spiro atoms. The highest BCUT2D eigenvalue weighted by atomic mass is 32.2. The molecule has 0 saturated carbocycles. The normalized spacial score (nSPS) is 17.6. The number of urea groups is 1. The molecular weight excluding hydrogens is 336 g/mol. The lowest BCUT2D eigenvalue weighted by molar-refractivity contribution is -0.137. The first-order chi connectivity index (χ1) is 12.1. The Labute approximate surface area is 151 Å². The highest BCUT2D eigenvalue weighted by molar-refractivity contribution is 8.00. The summed E-state index contributed by atoms with van der Waals surface area (Å²) in [7, 11) is 1.62. The van der Waals surface area contributed by atoms with Crippen molar-refractivity contribution in [1.29, 1.82) is 0 Å². The van der Waals surface area contributed by atoms with Crippen LogP contribution in [0.15, 0.2) is 59.5 Å². The molecule has 6 heteroatoms. The molecule has 1 heterocycles. The van der Waals surface area contributed by atoms with Gasteiger partial charge in [-0.2, -0.15) is 0 Å². The number of rotatable bonds is 5. The zero-order valence-electron chi connectivity index (χ0n) is 14.1. The second-order valence-electron chi connectivity index (χ2n) is 5.80. The molecule has 1 saturated heterocycles. The molecule has 0 aromatic heterocycles. The molecule has 25 heavy (non-hydrogen) atoms. The van der Waals surface area contributed by atoms with E-state index in [1.165, 1.54) is 16.7 Å². The highest BCUT2D eigenvalue weighted by Gasteiger charge is 2.41.